The Kier molecular flexibility index (Phi) is 18.6. The van der Waals surface area contributed by atoms with Crippen molar-refractivity contribution in [2.24, 2.45) is 0 Å². The normalized spacial score (nSPS) is 13.0. The molecule has 0 amide bonds. The fourth-order valence-corrected chi connectivity index (χ4v) is 22.6. The van der Waals surface area contributed by atoms with E-state index in [9.17, 15) is 0 Å². The number of para-hydroxylation sites is 8. The number of nitrogens with zero attached hydrogens (tertiary/aromatic N) is 1. The topological polar surface area (TPSA) is 78.8 Å². The summed E-state index contributed by atoms with van der Waals surface area (Å²) < 4.78 is 22.1. The molecule has 0 bridgehead atoms. The van der Waals surface area contributed by atoms with E-state index in [4.69, 9.17) is 13.3 Å². The van der Waals surface area contributed by atoms with Gasteiger partial charge < -0.3 is 34.1 Å². The number of anilines is 9. The molecular formula is C120H84N4O3S2. The van der Waals surface area contributed by atoms with E-state index in [1.165, 1.54) is 114 Å². The predicted molar refractivity (Wildman–Crippen MR) is 544 cm³/mol. The molecule has 2 aliphatic carbocycles. The highest BCUT2D eigenvalue weighted by atomic mass is 32.2. The summed E-state index contributed by atoms with van der Waals surface area (Å²) in [6.45, 7) is 9.38. The van der Waals surface area contributed by atoms with Crippen molar-refractivity contribution in [1.82, 2.24) is 0 Å². The van der Waals surface area contributed by atoms with Gasteiger partial charge in [-0.3, -0.25) is 0 Å². The van der Waals surface area contributed by atoms with Crippen LogP contribution in [0.25, 0.3) is 164 Å². The van der Waals surface area contributed by atoms with Gasteiger partial charge in [0.25, 0.3) is 0 Å². The minimum atomic E-state index is -0.0956. The van der Waals surface area contributed by atoms with E-state index in [0.29, 0.717) is 0 Å². The zero-order chi connectivity index (χ0) is 86.0. The number of fused-ring (bicyclic) bond motifs is 20. The van der Waals surface area contributed by atoms with E-state index >= 15 is 0 Å². The summed E-state index contributed by atoms with van der Waals surface area (Å²) >= 11 is 3.67. The Balaban J connectivity index is 0.000000111. The van der Waals surface area contributed by atoms with E-state index in [1.807, 2.05) is 65.6 Å². The predicted octanol–water partition coefficient (Wildman–Crippen LogP) is 35.2. The Hall–Kier alpha value is -15.7. The summed E-state index contributed by atoms with van der Waals surface area (Å²) in [5.74, 6) is 0. The number of rotatable bonds is 12. The molecule has 26 rings (SSSR count). The molecule has 9 heteroatoms. The first kappa shape index (κ1) is 77.0. The number of hydrogen-bond donors (Lipinski definition) is 3. The smallest absolute Gasteiger partial charge is 0.145 e. The van der Waals surface area contributed by atoms with E-state index in [1.54, 1.807) is 0 Å². The molecule has 1 aliphatic heterocycles. The lowest BCUT2D eigenvalue weighted by Crippen LogP contribution is -2.16. The molecule has 3 N–H and O–H groups in total. The third-order valence-electron chi connectivity index (χ3n) is 26.3. The van der Waals surface area contributed by atoms with Crippen molar-refractivity contribution < 1.29 is 13.3 Å². The van der Waals surface area contributed by atoms with Gasteiger partial charge in [0, 0.05) is 130 Å². The van der Waals surface area contributed by atoms with Crippen LogP contribution in [0.2, 0.25) is 0 Å². The van der Waals surface area contributed by atoms with Crippen LogP contribution in [0, 0.1) is 0 Å². The number of nitrogens with one attached hydrogen (secondary N) is 3. The van der Waals surface area contributed by atoms with Gasteiger partial charge in [-0.15, -0.1) is 11.3 Å². The first-order chi connectivity index (χ1) is 63.4. The van der Waals surface area contributed by atoms with Crippen LogP contribution in [0.1, 0.15) is 49.9 Å². The highest BCUT2D eigenvalue weighted by molar-refractivity contribution is 7.99. The Morgan fingerprint density at radius 2 is 0.760 bits per heavy atom. The maximum Gasteiger partial charge on any atom is 0.145 e. The van der Waals surface area contributed by atoms with Crippen molar-refractivity contribution in [3.63, 3.8) is 0 Å². The van der Waals surface area contributed by atoms with Crippen LogP contribution in [0.5, 0.6) is 0 Å². The lowest BCUT2D eigenvalue weighted by molar-refractivity contribution is 0.660. The molecule has 3 aliphatic rings. The van der Waals surface area contributed by atoms with Crippen LogP contribution >= 0.6 is 23.1 Å². The standard InChI is InChI=1S/C51H36N2OS.C39H29NO.C30H19NOS/c1-51(2)43-22-8-6-18-38(43)40-21-13-20-37(49(40)51)32-14-12-15-34(28-32)52-35-30-41(50-42(31-35)39-19-7-10-24-46(39)54-50)33-26-27-45-48(29-33)55-47-25-11-9-23-44(47)53(45)36-16-4-3-5-17-36;1-39(2)32-17-9-6-15-29(32)30-21-20-26(24-33(30)39)27-14-7-10-18-34(27)40-35-23-22-28(25-12-4-3-5-13-25)38-37(35)31-16-8-11-19-36(31)41-38;1-2-9-19(10-3-1)31-20-17-25-22-12-5-7-16-28(22)33-30(25)26(18-20)24-14-8-13-23-21-11-4-6-15-27(21)32-29(23)24/h3-31,52H,1-2H3;3-24,40H,1-2H3;1-18,31H. The van der Waals surface area contributed by atoms with Crippen molar-refractivity contribution in [1.29, 1.82) is 0 Å². The quantitative estimate of drug-likeness (QED) is 0.112. The fourth-order valence-electron chi connectivity index (χ4n) is 20.3. The minimum absolute atomic E-state index is 0.0422. The molecule has 614 valence electrons. The van der Waals surface area contributed by atoms with E-state index < -0.39 is 0 Å². The largest absolute Gasteiger partial charge is 0.455 e. The summed E-state index contributed by atoms with van der Waals surface area (Å²) in [4.78, 5) is 4.81. The molecule has 0 fully saturated rings. The van der Waals surface area contributed by atoms with Crippen LogP contribution in [-0.4, -0.2) is 0 Å². The summed E-state index contributed by atoms with van der Waals surface area (Å²) in [5, 5.41) is 20.5. The van der Waals surface area contributed by atoms with Crippen molar-refractivity contribution in [2.75, 3.05) is 20.9 Å². The lowest BCUT2D eigenvalue weighted by atomic mass is 9.79. The number of thiophene rings is 1. The van der Waals surface area contributed by atoms with Gasteiger partial charge in [0.15, 0.2) is 0 Å². The zero-order valence-corrected chi connectivity index (χ0v) is 73.0. The van der Waals surface area contributed by atoms with Crippen LogP contribution in [0.3, 0.4) is 0 Å². The summed E-state index contributed by atoms with van der Waals surface area (Å²) in [7, 11) is 0. The number of hydrogen-bond acceptors (Lipinski definition) is 9. The molecule has 5 heterocycles. The average molecular weight is 1690 g/mol. The first-order valence-electron chi connectivity index (χ1n) is 44.1. The Morgan fingerprint density at radius 1 is 0.256 bits per heavy atom. The Bertz CT molecular complexity index is 8400. The Morgan fingerprint density at radius 3 is 1.54 bits per heavy atom. The fraction of sp³-hybridized carbons (Fsp3) is 0.0500. The van der Waals surface area contributed by atoms with Crippen molar-refractivity contribution >= 4 is 160 Å². The monoisotopic (exact) mass is 1690 g/mol. The highest BCUT2D eigenvalue weighted by Crippen LogP contribution is 2.57. The second-order valence-electron chi connectivity index (χ2n) is 34.7. The van der Waals surface area contributed by atoms with Crippen molar-refractivity contribution in [2.45, 2.75) is 48.3 Å². The molecule has 129 heavy (non-hydrogen) atoms. The third kappa shape index (κ3) is 13.2. The molecule has 19 aromatic carbocycles. The van der Waals surface area contributed by atoms with Gasteiger partial charge in [0.05, 0.1) is 22.4 Å². The lowest BCUT2D eigenvalue weighted by Gasteiger charge is -2.33. The second kappa shape index (κ2) is 31.2. The maximum absolute atomic E-state index is 6.65. The molecule has 0 atom stereocenters. The summed E-state index contributed by atoms with van der Waals surface area (Å²) in [5.41, 5.74) is 37.6. The molecule has 0 spiro atoms. The second-order valence-corrected chi connectivity index (χ2v) is 36.9. The third-order valence-corrected chi connectivity index (χ3v) is 28.6. The molecule has 0 radical (unpaired) electrons. The summed E-state index contributed by atoms with van der Waals surface area (Å²) in [6.07, 6.45) is 0. The molecule has 0 unspecified atom stereocenters. The molecule has 4 aromatic heterocycles. The van der Waals surface area contributed by atoms with Gasteiger partial charge >= 0.3 is 0 Å². The maximum atomic E-state index is 6.65. The first-order valence-corrected chi connectivity index (χ1v) is 45.7. The van der Waals surface area contributed by atoms with E-state index in [2.05, 4.69) is 425 Å². The molecule has 0 saturated heterocycles. The molecule has 23 aromatic rings. The summed E-state index contributed by atoms with van der Waals surface area (Å²) in [6, 6.07) is 149. The van der Waals surface area contributed by atoms with Crippen LogP contribution in [0.4, 0.5) is 51.2 Å². The van der Waals surface area contributed by atoms with Gasteiger partial charge in [-0.25, -0.2) is 0 Å². The van der Waals surface area contributed by atoms with Gasteiger partial charge in [-0.05, 0) is 206 Å². The Labute approximate surface area is 755 Å². The van der Waals surface area contributed by atoms with Gasteiger partial charge in [0.2, 0.25) is 0 Å². The molecule has 0 saturated carbocycles. The number of furan rings is 3. The van der Waals surface area contributed by atoms with E-state index in [-0.39, 0.29) is 10.8 Å². The SMILES string of the molecule is CC1(C)c2ccccc2-c2ccc(-c3ccccc3Nc3ccc(-c4ccccc4)c4oc5ccccc5c34)cc21.CC1(C)c2ccccc2-c2cccc(-c3cccc(Nc4cc(-c5ccc6c(c5)Sc5ccccc5N6c5ccccc5)c5oc6ccccc6c5c4)c3)c21.c1ccc(Nc2cc(-c3cccc4c3oc3ccccc34)c3sc4ccccc4c3c2)cc1. The van der Waals surface area contributed by atoms with Crippen LogP contribution in [0.15, 0.2) is 442 Å². The van der Waals surface area contributed by atoms with E-state index in [0.717, 1.165) is 133 Å². The molecular weight excluding hydrogens is 1610 g/mol. The highest BCUT2D eigenvalue weighted by Gasteiger charge is 2.39. The average Bonchev–Trinajstić information content (AvgIpc) is 1.58. The number of benzene rings is 19. The minimum Gasteiger partial charge on any atom is -0.455 e. The van der Waals surface area contributed by atoms with Crippen LogP contribution in [-0.2, 0) is 10.8 Å². The van der Waals surface area contributed by atoms with Gasteiger partial charge in [-0.2, -0.15) is 0 Å². The van der Waals surface area contributed by atoms with Crippen molar-refractivity contribution in [3.8, 4) is 77.9 Å². The van der Waals surface area contributed by atoms with Gasteiger partial charge in [0.1, 0.15) is 33.5 Å². The zero-order valence-electron chi connectivity index (χ0n) is 71.3. The van der Waals surface area contributed by atoms with Crippen LogP contribution < -0.4 is 20.9 Å². The van der Waals surface area contributed by atoms with Crippen molar-refractivity contribution in [3.05, 3.63) is 441 Å². The molecule has 7 nitrogen and oxygen atoms in total. The van der Waals surface area contributed by atoms with Gasteiger partial charge in [-0.1, -0.05) is 325 Å².